The van der Waals surface area contributed by atoms with Gasteiger partial charge in [-0.2, -0.15) is 0 Å². The zero-order chi connectivity index (χ0) is 13.7. The molecule has 0 spiro atoms. The smallest absolute Gasteiger partial charge is 0.119 e. The summed E-state index contributed by atoms with van der Waals surface area (Å²) in [4.78, 5) is 0. The van der Waals surface area contributed by atoms with E-state index in [9.17, 15) is 10.2 Å². The zero-order valence-corrected chi connectivity index (χ0v) is 11.6. The van der Waals surface area contributed by atoms with Gasteiger partial charge in [0.2, 0.25) is 0 Å². The largest absolute Gasteiger partial charge is 0.491 e. The van der Waals surface area contributed by atoms with E-state index in [1.165, 1.54) is 25.7 Å². The van der Waals surface area contributed by atoms with Gasteiger partial charge in [0.25, 0.3) is 0 Å². The first-order valence-corrected chi connectivity index (χ1v) is 7.24. The van der Waals surface area contributed by atoms with E-state index in [4.69, 9.17) is 4.74 Å². The van der Waals surface area contributed by atoms with Crippen LogP contribution in [0.2, 0.25) is 0 Å². The van der Waals surface area contributed by atoms with Crippen LogP contribution in [0, 0.1) is 5.92 Å². The molecule has 19 heavy (non-hydrogen) atoms. The number of hydrogen-bond acceptors (Lipinski definition) is 3. The molecule has 0 radical (unpaired) electrons. The van der Waals surface area contributed by atoms with E-state index in [-0.39, 0.29) is 6.10 Å². The van der Waals surface area contributed by atoms with Crippen molar-refractivity contribution in [1.82, 2.24) is 0 Å². The summed E-state index contributed by atoms with van der Waals surface area (Å²) in [5.41, 5.74) is 0.874. The Morgan fingerprint density at radius 3 is 2.37 bits per heavy atom. The Balaban J connectivity index is 1.74. The van der Waals surface area contributed by atoms with Crippen LogP contribution in [0.3, 0.4) is 0 Å². The van der Waals surface area contributed by atoms with Gasteiger partial charge in [0.05, 0.1) is 12.2 Å². The van der Waals surface area contributed by atoms with Crippen LogP contribution >= 0.6 is 0 Å². The van der Waals surface area contributed by atoms with Gasteiger partial charge in [-0.15, -0.1) is 0 Å². The summed E-state index contributed by atoms with van der Waals surface area (Å²) in [6.07, 6.45) is 5.13. The van der Waals surface area contributed by atoms with Gasteiger partial charge in [0.15, 0.2) is 0 Å². The number of ether oxygens (including phenoxy) is 1. The first-order valence-electron chi connectivity index (χ1n) is 7.24. The third-order valence-electron chi connectivity index (χ3n) is 3.89. The molecule has 3 heteroatoms. The quantitative estimate of drug-likeness (QED) is 0.830. The monoisotopic (exact) mass is 264 g/mol. The Morgan fingerprint density at radius 1 is 1.16 bits per heavy atom. The second-order valence-corrected chi connectivity index (χ2v) is 5.60. The lowest BCUT2D eigenvalue weighted by molar-refractivity contribution is 0.0855. The van der Waals surface area contributed by atoms with Crippen molar-refractivity contribution < 1.29 is 14.9 Å². The summed E-state index contributed by atoms with van der Waals surface area (Å²) < 4.78 is 5.58. The summed E-state index contributed by atoms with van der Waals surface area (Å²) in [7, 11) is 0. The maximum absolute atomic E-state index is 9.95. The average Bonchev–Trinajstić information content (AvgIpc) is 2.89. The molecule has 1 aromatic rings. The van der Waals surface area contributed by atoms with E-state index < -0.39 is 6.10 Å². The Bertz CT molecular complexity index is 366. The fourth-order valence-corrected chi connectivity index (χ4v) is 2.73. The first kappa shape index (κ1) is 14.4. The highest BCUT2D eigenvalue weighted by Crippen LogP contribution is 2.28. The number of aliphatic hydroxyl groups excluding tert-OH is 2. The predicted octanol–water partition coefficient (Wildman–Crippen LogP) is 3.06. The standard InChI is InChI=1S/C16H24O3/c1-12(17)14-6-8-16(9-7-14)19-11-15(18)10-13-4-2-3-5-13/h6-9,12-13,15,17-18H,2-5,10-11H2,1H3. The topological polar surface area (TPSA) is 49.7 Å². The lowest BCUT2D eigenvalue weighted by atomic mass is 10.0. The molecule has 0 amide bonds. The lowest BCUT2D eigenvalue weighted by Gasteiger charge is -2.16. The van der Waals surface area contributed by atoms with Gasteiger partial charge < -0.3 is 14.9 Å². The highest BCUT2D eigenvalue weighted by molar-refractivity contribution is 5.28. The molecule has 1 saturated carbocycles. The van der Waals surface area contributed by atoms with Crippen LogP contribution in [0.25, 0.3) is 0 Å². The van der Waals surface area contributed by atoms with Gasteiger partial charge in [-0.05, 0) is 37.0 Å². The molecule has 2 rings (SSSR count). The molecule has 1 fully saturated rings. The molecule has 1 aromatic carbocycles. The molecule has 0 aliphatic heterocycles. The highest BCUT2D eigenvalue weighted by atomic mass is 16.5. The van der Waals surface area contributed by atoms with Crippen molar-refractivity contribution in [3.63, 3.8) is 0 Å². The highest BCUT2D eigenvalue weighted by Gasteiger charge is 2.19. The molecule has 2 unspecified atom stereocenters. The van der Waals surface area contributed by atoms with Gasteiger partial charge in [-0.25, -0.2) is 0 Å². The molecule has 0 bridgehead atoms. The van der Waals surface area contributed by atoms with Gasteiger partial charge >= 0.3 is 0 Å². The van der Waals surface area contributed by atoms with Crippen molar-refractivity contribution in [3.05, 3.63) is 29.8 Å². The molecule has 106 valence electrons. The van der Waals surface area contributed by atoms with Gasteiger partial charge in [0.1, 0.15) is 12.4 Å². The summed E-state index contributed by atoms with van der Waals surface area (Å²) >= 11 is 0. The fraction of sp³-hybridized carbons (Fsp3) is 0.625. The molecule has 1 aliphatic carbocycles. The molecule has 2 atom stereocenters. The van der Waals surface area contributed by atoms with Crippen LogP contribution in [-0.2, 0) is 0 Å². The third kappa shape index (κ3) is 4.51. The fourth-order valence-electron chi connectivity index (χ4n) is 2.73. The summed E-state index contributed by atoms with van der Waals surface area (Å²) in [6, 6.07) is 7.38. The van der Waals surface area contributed by atoms with Gasteiger partial charge in [-0.3, -0.25) is 0 Å². The zero-order valence-electron chi connectivity index (χ0n) is 11.6. The van der Waals surface area contributed by atoms with Crippen LogP contribution in [0.1, 0.15) is 50.7 Å². The predicted molar refractivity (Wildman–Crippen MR) is 75.2 cm³/mol. The van der Waals surface area contributed by atoms with E-state index in [1.807, 2.05) is 24.3 Å². The molecule has 3 nitrogen and oxygen atoms in total. The maximum Gasteiger partial charge on any atom is 0.119 e. The summed E-state index contributed by atoms with van der Waals surface area (Å²) in [5, 5.41) is 19.4. The molecule has 0 saturated heterocycles. The number of rotatable bonds is 6. The van der Waals surface area contributed by atoms with Crippen molar-refractivity contribution in [2.45, 2.75) is 51.2 Å². The van der Waals surface area contributed by atoms with Crippen molar-refractivity contribution in [2.24, 2.45) is 5.92 Å². The molecule has 0 aromatic heterocycles. The van der Waals surface area contributed by atoms with Crippen molar-refractivity contribution in [1.29, 1.82) is 0 Å². The molecule has 0 heterocycles. The number of hydrogen-bond donors (Lipinski definition) is 2. The Hall–Kier alpha value is -1.06. The Kier molecular flexibility index (Phi) is 5.23. The minimum Gasteiger partial charge on any atom is -0.491 e. The molecule has 2 N–H and O–H groups in total. The molecule has 1 aliphatic rings. The Morgan fingerprint density at radius 2 is 1.79 bits per heavy atom. The van der Waals surface area contributed by atoms with Crippen molar-refractivity contribution in [2.75, 3.05) is 6.61 Å². The normalized spacial score (nSPS) is 19.3. The van der Waals surface area contributed by atoms with E-state index in [2.05, 4.69) is 0 Å². The van der Waals surface area contributed by atoms with Crippen LogP contribution in [-0.4, -0.2) is 22.9 Å². The number of aliphatic hydroxyl groups is 2. The third-order valence-corrected chi connectivity index (χ3v) is 3.89. The van der Waals surface area contributed by atoms with E-state index in [0.29, 0.717) is 12.5 Å². The minimum atomic E-state index is -0.456. The van der Waals surface area contributed by atoms with Crippen molar-refractivity contribution in [3.8, 4) is 5.75 Å². The minimum absolute atomic E-state index is 0.352. The van der Waals surface area contributed by atoms with E-state index in [1.54, 1.807) is 6.92 Å². The van der Waals surface area contributed by atoms with Gasteiger partial charge in [0, 0.05) is 0 Å². The van der Waals surface area contributed by atoms with Crippen LogP contribution in [0.5, 0.6) is 5.75 Å². The maximum atomic E-state index is 9.95. The SMILES string of the molecule is CC(O)c1ccc(OCC(O)CC2CCCC2)cc1. The van der Waals surface area contributed by atoms with Crippen molar-refractivity contribution >= 4 is 0 Å². The van der Waals surface area contributed by atoms with Crippen LogP contribution in [0.4, 0.5) is 0 Å². The molecular formula is C16H24O3. The second kappa shape index (κ2) is 6.92. The summed E-state index contributed by atoms with van der Waals surface area (Å²) in [6.45, 7) is 2.09. The summed E-state index contributed by atoms with van der Waals surface area (Å²) in [5.74, 6) is 1.42. The van der Waals surface area contributed by atoms with E-state index in [0.717, 1.165) is 17.7 Å². The second-order valence-electron chi connectivity index (χ2n) is 5.60. The first-order chi connectivity index (χ1) is 9.15. The lowest BCUT2D eigenvalue weighted by Crippen LogP contribution is -2.20. The van der Waals surface area contributed by atoms with Crippen LogP contribution in [0.15, 0.2) is 24.3 Å². The number of benzene rings is 1. The van der Waals surface area contributed by atoms with Gasteiger partial charge in [-0.1, -0.05) is 37.8 Å². The van der Waals surface area contributed by atoms with Crippen LogP contribution < -0.4 is 4.74 Å². The molecular weight excluding hydrogens is 240 g/mol. The average molecular weight is 264 g/mol. The Labute approximate surface area is 115 Å². The van der Waals surface area contributed by atoms with E-state index >= 15 is 0 Å².